The van der Waals surface area contributed by atoms with Gasteiger partial charge >= 0.3 is 0 Å². The van der Waals surface area contributed by atoms with Crippen LogP contribution >= 0.6 is 22.7 Å². The minimum Gasteiger partial charge on any atom is -0.293 e. The second-order valence-corrected chi connectivity index (χ2v) is 5.89. The largest absolute Gasteiger partial charge is 0.293 e. The van der Waals surface area contributed by atoms with Gasteiger partial charge in [0.15, 0.2) is 0 Å². The highest BCUT2D eigenvalue weighted by Crippen LogP contribution is 2.39. The van der Waals surface area contributed by atoms with E-state index in [9.17, 15) is 0 Å². The molecule has 0 N–H and O–H groups in total. The molecule has 0 spiro atoms. The van der Waals surface area contributed by atoms with E-state index in [1.54, 1.807) is 22.7 Å². The quantitative estimate of drug-likeness (QED) is 0.574. The van der Waals surface area contributed by atoms with Crippen LogP contribution in [0.2, 0.25) is 0 Å². The average molecular weight is 283 g/mol. The summed E-state index contributed by atoms with van der Waals surface area (Å²) in [6, 6.07) is 16.9. The number of hydrogen-bond acceptors (Lipinski definition) is 3. The Bertz CT molecular complexity index is 602. The molecule has 0 aliphatic heterocycles. The molecule has 94 valence electrons. The zero-order valence-corrected chi connectivity index (χ0v) is 12.0. The predicted octanol–water partition coefficient (Wildman–Crippen LogP) is 5.92. The first-order valence-corrected chi connectivity index (χ1v) is 7.74. The molecule has 0 fully saturated rings. The third kappa shape index (κ3) is 2.48. The standard InChI is InChI=1S/C16H13NS2/c1-2-13-7-9-14(10-8-13)17(15-5-3-11-18-15)16-6-4-12-19-16/h2-12H,1H2. The summed E-state index contributed by atoms with van der Waals surface area (Å²) in [5.74, 6) is 0. The lowest BCUT2D eigenvalue weighted by Gasteiger charge is -2.21. The van der Waals surface area contributed by atoms with Crippen molar-refractivity contribution in [3.05, 3.63) is 71.4 Å². The predicted molar refractivity (Wildman–Crippen MR) is 87.0 cm³/mol. The fourth-order valence-corrected chi connectivity index (χ4v) is 3.50. The highest BCUT2D eigenvalue weighted by molar-refractivity contribution is 7.16. The number of benzene rings is 1. The minimum absolute atomic E-state index is 1.14. The van der Waals surface area contributed by atoms with Crippen molar-refractivity contribution in [3.8, 4) is 0 Å². The van der Waals surface area contributed by atoms with Gasteiger partial charge < -0.3 is 0 Å². The number of hydrogen-bond donors (Lipinski definition) is 0. The van der Waals surface area contributed by atoms with Gasteiger partial charge in [0.2, 0.25) is 0 Å². The van der Waals surface area contributed by atoms with E-state index in [2.05, 4.69) is 70.8 Å². The van der Waals surface area contributed by atoms with Gasteiger partial charge in [-0.1, -0.05) is 24.8 Å². The molecule has 3 aromatic rings. The van der Waals surface area contributed by atoms with Crippen LogP contribution in [-0.2, 0) is 0 Å². The fraction of sp³-hybridized carbons (Fsp3) is 0. The molecule has 3 heteroatoms. The Hall–Kier alpha value is -1.84. The van der Waals surface area contributed by atoms with Gasteiger partial charge in [0.05, 0.1) is 0 Å². The van der Waals surface area contributed by atoms with Crippen molar-refractivity contribution in [2.24, 2.45) is 0 Å². The molecule has 0 aliphatic rings. The second-order valence-electron chi connectivity index (χ2n) is 4.03. The van der Waals surface area contributed by atoms with Crippen molar-refractivity contribution < 1.29 is 0 Å². The van der Waals surface area contributed by atoms with Gasteiger partial charge in [-0.3, -0.25) is 4.90 Å². The summed E-state index contributed by atoms with van der Waals surface area (Å²) in [6.45, 7) is 3.80. The van der Waals surface area contributed by atoms with Gasteiger partial charge in [-0.2, -0.15) is 0 Å². The summed E-state index contributed by atoms with van der Waals surface area (Å²) in [7, 11) is 0. The molecule has 2 aromatic heterocycles. The van der Waals surface area contributed by atoms with Crippen LogP contribution in [0, 0.1) is 0 Å². The van der Waals surface area contributed by atoms with Crippen LogP contribution in [0.3, 0.4) is 0 Å². The Kier molecular flexibility index (Phi) is 3.49. The molecule has 2 heterocycles. The first-order valence-electron chi connectivity index (χ1n) is 5.98. The minimum atomic E-state index is 1.14. The summed E-state index contributed by atoms with van der Waals surface area (Å²) in [5, 5.41) is 6.67. The first kappa shape index (κ1) is 12.2. The Morgan fingerprint density at radius 3 is 1.84 bits per heavy atom. The topological polar surface area (TPSA) is 3.24 Å². The van der Waals surface area contributed by atoms with Crippen LogP contribution in [0.25, 0.3) is 6.08 Å². The molecular formula is C16H13NS2. The molecule has 3 rings (SSSR count). The van der Waals surface area contributed by atoms with E-state index in [1.807, 2.05) is 6.08 Å². The molecule has 1 nitrogen and oxygen atoms in total. The Morgan fingerprint density at radius 1 is 0.842 bits per heavy atom. The molecule has 0 aliphatic carbocycles. The van der Waals surface area contributed by atoms with Crippen LogP contribution in [-0.4, -0.2) is 0 Å². The van der Waals surface area contributed by atoms with Crippen molar-refractivity contribution in [2.45, 2.75) is 0 Å². The maximum atomic E-state index is 3.80. The summed E-state index contributed by atoms with van der Waals surface area (Å²) < 4.78 is 0. The third-order valence-corrected chi connectivity index (χ3v) is 4.55. The summed E-state index contributed by atoms with van der Waals surface area (Å²) in [4.78, 5) is 2.28. The molecule has 0 bridgehead atoms. The van der Waals surface area contributed by atoms with Crippen molar-refractivity contribution in [2.75, 3.05) is 4.90 Å². The van der Waals surface area contributed by atoms with Crippen LogP contribution < -0.4 is 4.90 Å². The number of thiophene rings is 2. The lowest BCUT2D eigenvalue weighted by molar-refractivity contribution is 1.35. The molecule has 19 heavy (non-hydrogen) atoms. The molecule has 0 saturated carbocycles. The third-order valence-electron chi connectivity index (χ3n) is 2.84. The van der Waals surface area contributed by atoms with Crippen LogP contribution in [0.1, 0.15) is 5.56 Å². The number of nitrogens with zero attached hydrogens (tertiary/aromatic N) is 1. The van der Waals surface area contributed by atoms with Gasteiger partial charge in [0.25, 0.3) is 0 Å². The maximum Gasteiger partial charge on any atom is 0.101 e. The second kappa shape index (κ2) is 5.43. The zero-order chi connectivity index (χ0) is 13.1. The van der Waals surface area contributed by atoms with E-state index < -0.39 is 0 Å². The van der Waals surface area contributed by atoms with Gasteiger partial charge in [-0.05, 0) is 52.7 Å². The van der Waals surface area contributed by atoms with E-state index in [1.165, 1.54) is 15.7 Å². The Labute approximate surface area is 121 Å². The lowest BCUT2D eigenvalue weighted by atomic mass is 10.2. The number of rotatable bonds is 4. The summed E-state index contributed by atoms with van der Waals surface area (Å²) in [6.07, 6.45) is 1.87. The van der Waals surface area contributed by atoms with Gasteiger partial charge in [0.1, 0.15) is 10.0 Å². The highest BCUT2D eigenvalue weighted by atomic mass is 32.1. The first-order chi connectivity index (χ1) is 9.38. The van der Waals surface area contributed by atoms with Gasteiger partial charge in [0, 0.05) is 5.69 Å². The SMILES string of the molecule is C=Cc1ccc(N(c2cccs2)c2cccs2)cc1. The van der Waals surface area contributed by atoms with Crippen LogP contribution in [0.15, 0.2) is 65.9 Å². The van der Waals surface area contributed by atoms with Gasteiger partial charge in [-0.25, -0.2) is 0 Å². The smallest absolute Gasteiger partial charge is 0.101 e. The van der Waals surface area contributed by atoms with Crippen LogP contribution in [0.5, 0.6) is 0 Å². The normalized spacial score (nSPS) is 10.3. The summed E-state index contributed by atoms with van der Waals surface area (Å²) in [5.41, 5.74) is 2.32. The summed E-state index contributed by atoms with van der Waals surface area (Å²) >= 11 is 3.49. The molecule has 0 radical (unpaired) electrons. The van der Waals surface area contributed by atoms with Crippen molar-refractivity contribution in [1.82, 2.24) is 0 Å². The molecule has 0 saturated heterocycles. The molecule has 0 atom stereocenters. The van der Waals surface area contributed by atoms with Crippen molar-refractivity contribution in [3.63, 3.8) is 0 Å². The van der Waals surface area contributed by atoms with E-state index in [0.29, 0.717) is 0 Å². The van der Waals surface area contributed by atoms with E-state index >= 15 is 0 Å². The molecule has 0 unspecified atom stereocenters. The van der Waals surface area contributed by atoms with Gasteiger partial charge in [-0.15, -0.1) is 22.7 Å². The zero-order valence-electron chi connectivity index (χ0n) is 10.3. The number of anilines is 3. The monoisotopic (exact) mass is 283 g/mol. The van der Waals surface area contributed by atoms with Crippen LogP contribution in [0.4, 0.5) is 15.7 Å². The Morgan fingerprint density at radius 2 is 1.42 bits per heavy atom. The Balaban J connectivity index is 2.06. The molecule has 0 amide bonds. The molecular weight excluding hydrogens is 270 g/mol. The van der Waals surface area contributed by atoms with E-state index in [4.69, 9.17) is 0 Å². The maximum absolute atomic E-state index is 3.80. The molecule has 1 aromatic carbocycles. The average Bonchev–Trinajstić information content (AvgIpc) is 3.13. The van der Waals surface area contributed by atoms with Crippen molar-refractivity contribution in [1.29, 1.82) is 0 Å². The highest BCUT2D eigenvalue weighted by Gasteiger charge is 2.13. The lowest BCUT2D eigenvalue weighted by Crippen LogP contribution is -2.06. The van der Waals surface area contributed by atoms with E-state index in [0.717, 1.165) is 5.56 Å². The fourth-order valence-electron chi connectivity index (χ4n) is 1.92. The van der Waals surface area contributed by atoms with E-state index in [-0.39, 0.29) is 0 Å². The van der Waals surface area contributed by atoms with Crippen molar-refractivity contribution >= 4 is 44.4 Å².